The highest BCUT2D eigenvalue weighted by Gasteiger charge is 2.17. The fourth-order valence-electron chi connectivity index (χ4n) is 0.649. The smallest absolute Gasteiger partial charge is 0.347 e. The zero-order valence-corrected chi connectivity index (χ0v) is 8.33. The van der Waals surface area contributed by atoms with Crippen molar-refractivity contribution in [3.63, 3.8) is 0 Å². The molecule has 0 aromatic rings. The van der Waals surface area contributed by atoms with Crippen LogP contribution in [-0.4, -0.2) is 24.6 Å². The van der Waals surface area contributed by atoms with E-state index in [9.17, 15) is 9.59 Å². The monoisotopic (exact) mass is 188 g/mol. The molecule has 0 rings (SSSR count). The lowest BCUT2D eigenvalue weighted by molar-refractivity contribution is -0.166. The highest BCUT2D eigenvalue weighted by Crippen LogP contribution is 1.97. The minimum Gasteiger partial charge on any atom is -0.463 e. The molecular formula is C9H16O4. The molecular weight excluding hydrogens is 172 g/mol. The number of carbonyl (C=O) groups excluding carboxylic acids is 2. The third-order valence-electron chi connectivity index (χ3n) is 1.38. The molecule has 0 saturated carbocycles. The molecule has 0 aliphatic carbocycles. The highest BCUT2D eigenvalue weighted by atomic mass is 16.6. The Balaban J connectivity index is 3.75. The van der Waals surface area contributed by atoms with Gasteiger partial charge in [0.15, 0.2) is 6.10 Å². The molecule has 4 heteroatoms. The van der Waals surface area contributed by atoms with Gasteiger partial charge >= 0.3 is 11.9 Å². The summed E-state index contributed by atoms with van der Waals surface area (Å²) >= 11 is 0. The van der Waals surface area contributed by atoms with Gasteiger partial charge in [-0.2, -0.15) is 0 Å². The summed E-state index contributed by atoms with van der Waals surface area (Å²) in [6, 6.07) is 0. The summed E-state index contributed by atoms with van der Waals surface area (Å²) in [5.74, 6) is -0.871. The third-order valence-corrected chi connectivity index (χ3v) is 1.38. The standard InChI is InChI=1S/C9H16O4/c1-4-6-12-9(11)7(3)13-8(10)5-2/h7H,4-6H2,1-3H3. The van der Waals surface area contributed by atoms with Crippen LogP contribution in [0.1, 0.15) is 33.6 Å². The maximum atomic E-state index is 11.1. The first-order valence-electron chi connectivity index (χ1n) is 4.47. The van der Waals surface area contributed by atoms with Crippen LogP contribution in [0.4, 0.5) is 0 Å². The van der Waals surface area contributed by atoms with E-state index in [1.807, 2.05) is 6.92 Å². The van der Waals surface area contributed by atoms with E-state index in [0.29, 0.717) is 6.61 Å². The van der Waals surface area contributed by atoms with Gasteiger partial charge in [0.05, 0.1) is 6.61 Å². The minimum atomic E-state index is -0.793. The largest absolute Gasteiger partial charge is 0.463 e. The summed E-state index contributed by atoms with van der Waals surface area (Å²) in [6.45, 7) is 5.45. The van der Waals surface area contributed by atoms with Gasteiger partial charge in [-0.15, -0.1) is 0 Å². The van der Waals surface area contributed by atoms with Crippen molar-refractivity contribution < 1.29 is 19.1 Å². The van der Waals surface area contributed by atoms with Crippen LogP contribution in [0.15, 0.2) is 0 Å². The average molecular weight is 188 g/mol. The molecule has 0 heterocycles. The molecule has 0 amide bonds. The van der Waals surface area contributed by atoms with E-state index in [2.05, 4.69) is 0 Å². The van der Waals surface area contributed by atoms with Crippen molar-refractivity contribution in [2.45, 2.75) is 39.7 Å². The zero-order chi connectivity index (χ0) is 10.3. The average Bonchev–Trinajstić information content (AvgIpc) is 2.13. The van der Waals surface area contributed by atoms with E-state index in [-0.39, 0.29) is 12.4 Å². The number of ether oxygens (including phenoxy) is 2. The van der Waals surface area contributed by atoms with Gasteiger partial charge in [-0.1, -0.05) is 13.8 Å². The van der Waals surface area contributed by atoms with Crippen molar-refractivity contribution in [1.82, 2.24) is 0 Å². The van der Waals surface area contributed by atoms with Crippen LogP contribution in [-0.2, 0) is 19.1 Å². The van der Waals surface area contributed by atoms with Gasteiger partial charge in [0.2, 0.25) is 0 Å². The van der Waals surface area contributed by atoms with Crippen LogP contribution in [0.2, 0.25) is 0 Å². The Morgan fingerprint density at radius 3 is 2.38 bits per heavy atom. The lowest BCUT2D eigenvalue weighted by Crippen LogP contribution is -2.26. The number of esters is 2. The summed E-state index contributed by atoms with van der Waals surface area (Å²) in [6.07, 6.45) is 0.241. The summed E-state index contributed by atoms with van der Waals surface area (Å²) < 4.78 is 9.53. The number of hydrogen-bond acceptors (Lipinski definition) is 4. The Labute approximate surface area is 78.2 Å². The second-order valence-corrected chi connectivity index (χ2v) is 2.65. The molecule has 0 N–H and O–H groups in total. The Hall–Kier alpha value is -1.06. The molecule has 0 saturated heterocycles. The normalized spacial score (nSPS) is 11.9. The van der Waals surface area contributed by atoms with E-state index < -0.39 is 12.1 Å². The Kier molecular flexibility index (Phi) is 5.93. The van der Waals surface area contributed by atoms with Crippen LogP contribution in [0.25, 0.3) is 0 Å². The van der Waals surface area contributed by atoms with Crippen LogP contribution < -0.4 is 0 Å². The molecule has 1 atom stereocenters. The Bertz CT molecular complexity index is 176. The lowest BCUT2D eigenvalue weighted by atomic mass is 10.4. The van der Waals surface area contributed by atoms with Gasteiger partial charge in [-0.05, 0) is 13.3 Å². The Morgan fingerprint density at radius 2 is 1.92 bits per heavy atom. The van der Waals surface area contributed by atoms with Crippen LogP contribution in [0.5, 0.6) is 0 Å². The fourth-order valence-corrected chi connectivity index (χ4v) is 0.649. The molecule has 0 aromatic carbocycles. The van der Waals surface area contributed by atoms with Crippen LogP contribution >= 0.6 is 0 Å². The van der Waals surface area contributed by atoms with Gasteiger partial charge in [0, 0.05) is 6.42 Å². The second kappa shape index (κ2) is 6.46. The lowest BCUT2D eigenvalue weighted by Gasteiger charge is -2.11. The molecule has 0 bridgehead atoms. The minimum absolute atomic E-state index is 0.269. The van der Waals surface area contributed by atoms with E-state index in [1.54, 1.807) is 6.92 Å². The summed E-state index contributed by atoms with van der Waals surface area (Å²) in [5.41, 5.74) is 0. The molecule has 4 nitrogen and oxygen atoms in total. The summed E-state index contributed by atoms with van der Waals surface area (Å²) in [5, 5.41) is 0. The van der Waals surface area contributed by atoms with Crippen LogP contribution in [0, 0.1) is 0 Å². The third kappa shape index (κ3) is 5.22. The Morgan fingerprint density at radius 1 is 1.31 bits per heavy atom. The van der Waals surface area contributed by atoms with Crippen molar-refractivity contribution in [2.75, 3.05) is 6.61 Å². The predicted octanol–water partition coefficient (Wildman–Crippen LogP) is 1.28. The summed E-state index contributed by atoms with van der Waals surface area (Å²) in [7, 11) is 0. The van der Waals surface area contributed by atoms with E-state index in [1.165, 1.54) is 6.92 Å². The van der Waals surface area contributed by atoms with Crippen molar-refractivity contribution in [3.05, 3.63) is 0 Å². The first kappa shape index (κ1) is 11.9. The molecule has 0 aromatic heterocycles. The molecule has 13 heavy (non-hydrogen) atoms. The van der Waals surface area contributed by atoms with Crippen LogP contribution in [0.3, 0.4) is 0 Å². The first-order chi connectivity index (χ1) is 6.11. The number of carbonyl (C=O) groups is 2. The molecule has 0 aliphatic rings. The SMILES string of the molecule is CCCOC(=O)C(C)OC(=O)CC. The molecule has 1 unspecified atom stereocenters. The van der Waals surface area contributed by atoms with E-state index in [4.69, 9.17) is 9.47 Å². The van der Waals surface area contributed by atoms with E-state index >= 15 is 0 Å². The number of hydrogen-bond donors (Lipinski definition) is 0. The molecule has 0 radical (unpaired) electrons. The van der Waals surface area contributed by atoms with Gasteiger partial charge in [-0.3, -0.25) is 4.79 Å². The second-order valence-electron chi connectivity index (χ2n) is 2.65. The van der Waals surface area contributed by atoms with Gasteiger partial charge in [0.25, 0.3) is 0 Å². The quantitative estimate of drug-likeness (QED) is 0.610. The van der Waals surface area contributed by atoms with Gasteiger partial charge in [-0.25, -0.2) is 4.79 Å². The van der Waals surface area contributed by atoms with Gasteiger partial charge in [0.1, 0.15) is 0 Å². The first-order valence-corrected chi connectivity index (χ1v) is 4.47. The molecule has 0 fully saturated rings. The van der Waals surface area contributed by atoms with Gasteiger partial charge < -0.3 is 9.47 Å². The van der Waals surface area contributed by atoms with Crippen molar-refractivity contribution in [2.24, 2.45) is 0 Å². The zero-order valence-electron chi connectivity index (χ0n) is 8.33. The molecule has 0 aliphatic heterocycles. The maximum absolute atomic E-state index is 11.1. The highest BCUT2D eigenvalue weighted by molar-refractivity contribution is 5.78. The van der Waals surface area contributed by atoms with Crippen molar-refractivity contribution >= 4 is 11.9 Å². The number of rotatable bonds is 5. The molecule has 0 spiro atoms. The predicted molar refractivity (Wildman–Crippen MR) is 47.1 cm³/mol. The summed E-state index contributed by atoms with van der Waals surface area (Å²) in [4.78, 5) is 21.8. The fraction of sp³-hybridized carbons (Fsp3) is 0.778. The van der Waals surface area contributed by atoms with Crippen molar-refractivity contribution in [3.8, 4) is 0 Å². The van der Waals surface area contributed by atoms with Crippen molar-refractivity contribution in [1.29, 1.82) is 0 Å². The molecule has 76 valence electrons. The maximum Gasteiger partial charge on any atom is 0.347 e. The topological polar surface area (TPSA) is 52.6 Å². The van der Waals surface area contributed by atoms with E-state index in [0.717, 1.165) is 6.42 Å².